The molecule has 0 aromatic carbocycles. The molecule has 0 aliphatic rings. The van der Waals surface area contributed by atoms with Crippen LogP contribution < -0.4 is 5.73 Å². The van der Waals surface area contributed by atoms with E-state index in [9.17, 15) is 0 Å². The number of halogens is 1. The lowest BCUT2D eigenvalue weighted by Gasteiger charge is -1.94. The number of rotatable bonds is 1. The first-order valence-electron chi connectivity index (χ1n) is 2.69. The van der Waals surface area contributed by atoms with Crippen LogP contribution in [0.2, 0.25) is 5.15 Å². The summed E-state index contributed by atoms with van der Waals surface area (Å²) in [5, 5.41) is 15.1. The second-order valence-electron chi connectivity index (χ2n) is 1.66. The van der Waals surface area contributed by atoms with Crippen LogP contribution in [0.15, 0.2) is 17.2 Å². The van der Waals surface area contributed by atoms with E-state index in [1.807, 2.05) is 0 Å². The Hall–Kier alpha value is -0.810. The molecule has 0 aliphatic carbocycles. The first-order chi connectivity index (χ1) is 5.18. The van der Waals surface area contributed by atoms with Gasteiger partial charge < -0.3 is 5.73 Å². The molecule has 1 heterocycles. The molecule has 0 atom stereocenters. The summed E-state index contributed by atoms with van der Waals surface area (Å²) in [4.78, 5) is 0. The Morgan fingerprint density at radius 3 is 2.73 bits per heavy atom. The van der Waals surface area contributed by atoms with E-state index in [0.717, 1.165) is 11.8 Å². The largest absolute Gasteiger partial charge is 0.378 e. The monoisotopic (exact) mass is 188 g/mol. The van der Waals surface area contributed by atoms with Crippen LogP contribution in [-0.4, -0.2) is 15.4 Å². The van der Waals surface area contributed by atoms with Gasteiger partial charge >= 0.3 is 0 Å². The van der Waals surface area contributed by atoms with Crippen LogP contribution in [-0.2, 0) is 0 Å². The second kappa shape index (κ2) is 3.54. The zero-order valence-electron chi connectivity index (χ0n) is 5.41. The summed E-state index contributed by atoms with van der Waals surface area (Å²) in [6, 6.07) is 3.25. The van der Waals surface area contributed by atoms with Crippen LogP contribution in [0.25, 0.3) is 0 Å². The average molecular weight is 189 g/mol. The van der Waals surface area contributed by atoms with E-state index >= 15 is 0 Å². The highest BCUT2D eigenvalue weighted by Crippen LogP contribution is 2.13. The summed E-state index contributed by atoms with van der Waals surface area (Å²) in [6.07, 6.45) is 0. The van der Waals surface area contributed by atoms with E-state index in [0.29, 0.717) is 10.2 Å². The Kier molecular flexibility index (Phi) is 2.67. The van der Waals surface area contributed by atoms with Crippen molar-refractivity contribution >= 4 is 28.5 Å². The molecule has 0 fully saturated rings. The molecule has 0 spiro atoms. The van der Waals surface area contributed by atoms with E-state index in [1.165, 1.54) is 0 Å². The van der Waals surface area contributed by atoms with E-state index in [4.69, 9.17) is 22.7 Å². The smallest absolute Gasteiger partial charge is 0.157 e. The lowest BCUT2D eigenvalue weighted by atomic mass is 10.6. The van der Waals surface area contributed by atoms with E-state index in [1.54, 1.807) is 12.1 Å². The first kappa shape index (κ1) is 8.29. The molecular formula is C5H5ClN4S. The highest BCUT2D eigenvalue weighted by molar-refractivity contribution is 8.13. The van der Waals surface area contributed by atoms with Crippen LogP contribution in [0.4, 0.5) is 0 Å². The van der Waals surface area contributed by atoms with Crippen molar-refractivity contribution in [1.29, 1.82) is 5.41 Å². The van der Waals surface area contributed by atoms with Crippen molar-refractivity contribution in [3.05, 3.63) is 17.3 Å². The van der Waals surface area contributed by atoms with Gasteiger partial charge in [0, 0.05) is 0 Å². The molecule has 0 radical (unpaired) electrons. The Balaban J connectivity index is 2.74. The fraction of sp³-hybridized carbons (Fsp3) is 0. The normalized spacial score (nSPS) is 9.55. The van der Waals surface area contributed by atoms with Crippen molar-refractivity contribution < 1.29 is 0 Å². The molecule has 1 aromatic rings. The van der Waals surface area contributed by atoms with E-state index in [-0.39, 0.29) is 5.17 Å². The lowest BCUT2D eigenvalue weighted by molar-refractivity contribution is 0.932. The number of nitrogens with one attached hydrogen (secondary N) is 1. The molecule has 0 saturated heterocycles. The third-order valence-corrected chi connectivity index (χ3v) is 1.67. The number of nitrogens with two attached hydrogens (primary N) is 1. The third kappa shape index (κ3) is 2.73. The molecule has 0 bridgehead atoms. The van der Waals surface area contributed by atoms with Crippen molar-refractivity contribution in [2.24, 2.45) is 5.73 Å². The number of aromatic nitrogens is 2. The van der Waals surface area contributed by atoms with Gasteiger partial charge in [0.2, 0.25) is 0 Å². The van der Waals surface area contributed by atoms with Crippen LogP contribution in [0.1, 0.15) is 0 Å². The number of nitrogens with zero attached hydrogens (tertiary/aromatic N) is 2. The van der Waals surface area contributed by atoms with Gasteiger partial charge in [0.1, 0.15) is 5.03 Å². The van der Waals surface area contributed by atoms with Crippen molar-refractivity contribution in [1.82, 2.24) is 10.2 Å². The number of thioether (sulfide) groups is 1. The summed E-state index contributed by atoms with van der Waals surface area (Å²) >= 11 is 6.52. The molecule has 0 unspecified atom stereocenters. The predicted octanol–water partition coefficient (Wildman–Crippen LogP) is 1.12. The first-order valence-corrected chi connectivity index (χ1v) is 3.89. The predicted molar refractivity (Wildman–Crippen MR) is 44.8 cm³/mol. The van der Waals surface area contributed by atoms with Gasteiger partial charge in [-0.25, -0.2) is 0 Å². The molecule has 0 saturated carbocycles. The standard InChI is InChI=1S/C5H5ClN4S/c6-3-1-2-4(10-9-3)11-5(7)8/h1-2H,(H3,7,8). The topological polar surface area (TPSA) is 75.7 Å². The summed E-state index contributed by atoms with van der Waals surface area (Å²) in [5.41, 5.74) is 5.11. The number of hydrogen-bond acceptors (Lipinski definition) is 4. The van der Waals surface area contributed by atoms with Crippen LogP contribution in [0, 0.1) is 5.41 Å². The molecule has 0 amide bonds. The maximum Gasteiger partial charge on any atom is 0.157 e. The summed E-state index contributed by atoms with van der Waals surface area (Å²) in [7, 11) is 0. The molecule has 58 valence electrons. The molecule has 4 nitrogen and oxygen atoms in total. The van der Waals surface area contributed by atoms with Crippen LogP contribution in [0.5, 0.6) is 0 Å². The quantitative estimate of drug-likeness (QED) is 0.393. The minimum absolute atomic E-state index is 0.0124. The zero-order valence-corrected chi connectivity index (χ0v) is 6.99. The molecule has 3 N–H and O–H groups in total. The zero-order chi connectivity index (χ0) is 8.27. The van der Waals surface area contributed by atoms with Crippen LogP contribution >= 0.6 is 23.4 Å². The highest BCUT2D eigenvalue weighted by Gasteiger charge is 1.97. The molecule has 6 heteroatoms. The van der Waals surface area contributed by atoms with Gasteiger partial charge in [-0.15, -0.1) is 10.2 Å². The third-order valence-electron chi connectivity index (χ3n) is 0.822. The van der Waals surface area contributed by atoms with Gasteiger partial charge in [-0.3, -0.25) is 5.41 Å². The minimum atomic E-state index is -0.0124. The summed E-state index contributed by atoms with van der Waals surface area (Å²) in [5.74, 6) is 0. The maximum absolute atomic E-state index is 6.93. The van der Waals surface area contributed by atoms with Crippen LogP contribution in [0.3, 0.4) is 0 Å². The molecule has 1 rings (SSSR count). The Labute approximate surface area is 72.7 Å². The van der Waals surface area contributed by atoms with Gasteiger partial charge in [0.05, 0.1) is 0 Å². The van der Waals surface area contributed by atoms with Crippen molar-refractivity contribution in [2.75, 3.05) is 0 Å². The Bertz CT molecular complexity index is 260. The van der Waals surface area contributed by atoms with E-state index < -0.39 is 0 Å². The SMILES string of the molecule is N=C(N)Sc1ccc(Cl)nn1. The molecule has 0 aliphatic heterocycles. The lowest BCUT2D eigenvalue weighted by Crippen LogP contribution is -2.03. The van der Waals surface area contributed by atoms with Crippen molar-refractivity contribution in [3.63, 3.8) is 0 Å². The van der Waals surface area contributed by atoms with Crippen molar-refractivity contribution in [2.45, 2.75) is 5.03 Å². The molecule has 11 heavy (non-hydrogen) atoms. The average Bonchev–Trinajstić information content (AvgIpc) is 1.93. The maximum atomic E-state index is 6.93. The Morgan fingerprint density at radius 1 is 1.55 bits per heavy atom. The fourth-order valence-electron chi connectivity index (χ4n) is 0.471. The highest BCUT2D eigenvalue weighted by atomic mass is 35.5. The van der Waals surface area contributed by atoms with Gasteiger partial charge in [-0.1, -0.05) is 11.6 Å². The molecular weight excluding hydrogens is 184 g/mol. The Morgan fingerprint density at radius 2 is 2.27 bits per heavy atom. The number of amidine groups is 1. The molecule has 1 aromatic heterocycles. The summed E-state index contributed by atoms with van der Waals surface area (Å²) < 4.78 is 0. The van der Waals surface area contributed by atoms with Gasteiger partial charge in [0.15, 0.2) is 10.3 Å². The van der Waals surface area contributed by atoms with E-state index in [2.05, 4.69) is 10.2 Å². The van der Waals surface area contributed by atoms with Gasteiger partial charge in [0.25, 0.3) is 0 Å². The fourth-order valence-corrected chi connectivity index (χ4v) is 1.01. The van der Waals surface area contributed by atoms with Gasteiger partial charge in [-0.05, 0) is 23.9 Å². The minimum Gasteiger partial charge on any atom is -0.378 e. The van der Waals surface area contributed by atoms with Crippen molar-refractivity contribution in [3.8, 4) is 0 Å². The summed E-state index contributed by atoms with van der Waals surface area (Å²) in [6.45, 7) is 0. The second-order valence-corrected chi connectivity index (χ2v) is 3.11. The number of hydrogen-bond donors (Lipinski definition) is 2. The van der Waals surface area contributed by atoms with Gasteiger partial charge in [-0.2, -0.15) is 0 Å².